The summed E-state index contributed by atoms with van der Waals surface area (Å²) in [5, 5.41) is 2.19. The average Bonchev–Trinajstić information content (AvgIpc) is 2.96. The van der Waals surface area contributed by atoms with E-state index in [0.29, 0.717) is 11.1 Å². The number of ether oxygens (including phenoxy) is 1. The zero-order valence-electron chi connectivity index (χ0n) is 12.0. The number of nitrogens with zero attached hydrogens (tertiary/aromatic N) is 1. The van der Waals surface area contributed by atoms with Crippen molar-refractivity contribution in [1.82, 2.24) is 10.2 Å². The van der Waals surface area contributed by atoms with Gasteiger partial charge in [-0.1, -0.05) is 37.5 Å². The van der Waals surface area contributed by atoms with Crippen molar-refractivity contribution in [2.75, 3.05) is 0 Å². The standard InChI is InChI=1S/C16H16N2O4/c19-13-11-8-4-5-9-12(11)16(14(20)17-15(21)22-16)18(13)10-6-2-1-3-7-10/h4-5,8-10H,1-3,6-7H2,(H,17,20,21). The third-order valence-corrected chi connectivity index (χ3v) is 4.78. The van der Waals surface area contributed by atoms with Gasteiger partial charge in [0.05, 0.1) is 0 Å². The maximum Gasteiger partial charge on any atom is 0.416 e. The third kappa shape index (κ3) is 1.58. The molecule has 1 unspecified atom stereocenters. The van der Waals surface area contributed by atoms with Crippen molar-refractivity contribution < 1.29 is 19.1 Å². The van der Waals surface area contributed by atoms with E-state index in [2.05, 4.69) is 5.32 Å². The molecule has 3 amide bonds. The zero-order chi connectivity index (χ0) is 15.3. The van der Waals surface area contributed by atoms with Gasteiger partial charge in [-0.15, -0.1) is 0 Å². The Balaban J connectivity index is 1.88. The molecule has 6 heteroatoms. The van der Waals surface area contributed by atoms with Crippen LogP contribution in [0.25, 0.3) is 0 Å². The van der Waals surface area contributed by atoms with Crippen molar-refractivity contribution in [3.05, 3.63) is 35.4 Å². The molecule has 22 heavy (non-hydrogen) atoms. The van der Waals surface area contributed by atoms with Crippen LogP contribution in [-0.4, -0.2) is 28.8 Å². The van der Waals surface area contributed by atoms with Crippen molar-refractivity contribution in [1.29, 1.82) is 0 Å². The number of carbonyl (C=O) groups excluding carboxylic acids is 3. The Morgan fingerprint density at radius 1 is 1.09 bits per heavy atom. The van der Waals surface area contributed by atoms with E-state index >= 15 is 0 Å². The lowest BCUT2D eigenvalue weighted by atomic mass is 9.92. The quantitative estimate of drug-likeness (QED) is 0.859. The first-order valence-electron chi connectivity index (χ1n) is 7.62. The first-order valence-corrected chi connectivity index (χ1v) is 7.62. The summed E-state index contributed by atoms with van der Waals surface area (Å²) in [5.41, 5.74) is -0.709. The summed E-state index contributed by atoms with van der Waals surface area (Å²) in [4.78, 5) is 38.5. The summed E-state index contributed by atoms with van der Waals surface area (Å²) in [5.74, 6) is -0.797. The van der Waals surface area contributed by atoms with Crippen LogP contribution in [0.4, 0.5) is 4.79 Å². The van der Waals surface area contributed by atoms with E-state index in [1.54, 1.807) is 24.3 Å². The fraction of sp³-hybridized carbons (Fsp3) is 0.438. The normalized spacial score (nSPS) is 28.0. The number of fused-ring (bicyclic) bond motifs is 2. The molecule has 1 saturated carbocycles. The number of amides is 3. The Hall–Kier alpha value is -2.37. The van der Waals surface area contributed by atoms with Gasteiger partial charge >= 0.3 is 12.0 Å². The van der Waals surface area contributed by atoms with Crippen molar-refractivity contribution in [2.24, 2.45) is 0 Å². The highest BCUT2D eigenvalue weighted by Crippen LogP contribution is 2.46. The summed E-state index contributed by atoms with van der Waals surface area (Å²) >= 11 is 0. The SMILES string of the molecule is O=C1NC(=O)C2(O1)c1ccccc1C(=O)N2C1CCCCC1. The molecule has 0 radical (unpaired) electrons. The second-order valence-electron chi connectivity index (χ2n) is 6.00. The Morgan fingerprint density at radius 3 is 2.50 bits per heavy atom. The topological polar surface area (TPSA) is 75.7 Å². The molecule has 4 rings (SSSR count). The number of alkyl carbamates (subject to hydrolysis) is 1. The summed E-state index contributed by atoms with van der Waals surface area (Å²) in [6.07, 6.45) is 4.01. The van der Waals surface area contributed by atoms with Crippen LogP contribution in [-0.2, 0) is 15.3 Å². The van der Waals surface area contributed by atoms with Gasteiger partial charge in [0, 0.05) is 17.2 Å². The zero-order valence-corrected chi connectivity index (χ0v) is 12.0. The molecule has 2 heterocycles. The molecule has 0 bridgehead atoms. The predicted molar refractivity (Wildman–Crippen MR) is 75.8 cm³/mol. The first kappa shape index (κ1) is 13.3. The molecular weight excluding hydrogens is 284 g/mol. The van der Waals surface area contributed by atoms with E-state index in [-0.39, 0.29) is 11.9 Å². The van der Waals surface area contributed by atoms with Gasteiger partial charge in [0.15, 0.2) is 0 Å². The first-order chi connectivity index (χ1) is 10.6. The second kappa shape index (κ2) is 4.56. The van der Waals surface area contributed by atoms with Crippen LogP contribution < -0.4 is 5.32 Å². The smallest absolute Gasteiger partial charge is 0.408 e. The molecule has 1 aromatic rings. The molecule has 114 valence electrons. The van der Waals surface area contributed by atoms with E-state index in [4.69, 9.17) is 4.74 Å². The minimum atomic E-state index is -1.62. The molecule has 1 spiro atoms. The van der Waals surface area contributed by atoms with Gasteiger partial charge in [0.2, 0.25) is 0 Å². The number of carbonyl (C=O) groups is 3. The van der Waals surface area contributed by atoms with Crippen LogP contribution in [0.15, 0.2) is 24.3 Å². The minimum Gasteiger partial charge on any atom is -0.408 e. The van der Waals surface area contributed by atoms with Gasteiger partial charge in [-0.25, -0.2) is 4.79 Å². The van der Waals surface area contributed by atoms with Gasteiger partial charge in [-0.05, 0) is 18.9 Å². The number of rotatable bonds is 1. The summed E-state index contributed by atoms with van der Waals surface area (Å²) < 4.78 is 5.39. The molecule has 2 fully saturated rings. The number of nitrogens with one attached hydrogen (secondary N) is 1. The summed E-state index contributed by atoms with van der Waals surface area (Å²) in [6.45, 7) is 0. The van der Waals surface area contributed by atoms with Crippen molar-refractivity contribution >= 4 is 17.9 Å². The molecule has 2 aliphatic heterocycles. The maximum absolute atomic E-state index is 12.9. The third-order valence-electron chi connectivity index (χ3n) is 4.78. The van der Waals surface area contributed by atoms with Crippen LogP contribution in [0.2, 0.25) is 0 Å². The second-order valence-corrected chi connectivity index (χ2v) is 6.00. The number of imide groups is 1. The van der Waals surface area contributed by atoms with Crippen LogP contribution in [0, 0.1) is 0 Å². The Morgan fingerprint density at radius 2 is 1.82 bits per heavy atom. The summed E-state index contributed by atoms with van der Waals surface area (Å²) in [7, 11) is 0. The molecule has 1 saturated heterocycles. The van der Waals surface area contributed by atoms with E-state index in [9.17, 15) is 14.4 Å². The Labute approximate surface area is 127 Å². The monoisotopic (exact) mass is 300 g/mol. The van der Waals surface area contributed by atoms with Crippen LogP contribution in [0.3, 0.4) is 0 Å². The highest BCUT2D eigenvalue weighted by molar-refractivity contribution is 6.12. The number of benzene rings is 1. The van der Waals surface area contributed by atoms with Gasteiger partial charge in [0.25, 0.3) is 11.6 Å². The fourth-order valence-electron chi connectivity index (χ4n) is 3.85. The fourth-order valence-corrected chi connectivity index (χ4v) is 3.85. The summed E-state index contributed by atoms with van der Waals surface area (Å²) in [6, 6.07) is 6.79. The highest BCUT2D eigenvalue weighted by atomic mass is 16.6. The predicted octanol–water partition coefficient (Wildman–Crippen LogP) is 1.89. The lowest BCUT2D eigenvalue weighted by Gasteiger charge is -2.39. The molecule has 0 aromatic heterocycles. The molecule has 3 aliphatic rings. The minimum absolute atomic E-state index is 0.0784. The molecular formula is C16H16N2O4. The molecule has 1 atom stereocenters. The lowest BCUT2D eigenvalue weighted by Crippen LogP contribution is -2.54. The van der Waals surface area contributed by atoms with Crippen molar-refractivity contribution in [3.8, 4) is 0 Å². The van der Waals surface area contributed by atoms with Crippen molar-refractivity contribution in [2.45, 2.75) is 43.9 Å². The van der Waals surface area contributed by atoms with Crippen molar-refractivity contribution in [3.63, 3.8) is 0 Å². The number of hydrogen-bond donors (Lipinski definition) is 1. The molecule has 1 aromatic carbocycles. The number of hydrogen-bond acceptors (Lipinski definition) is 4. The Kier molecular flexibility index (Phi) is 2.76. The van der Waals surface area contributed by atoms with Crippen LogP contribution in [0.1, 0.15) is 48.0 Å². The van der Waals surface area contributed by atoms with Gasteiger partial charge in [-0.3, -0.25) is 19.8 Å². The van der Waals surface area contributed by atoms with Gasteiger partial charge < -0.3 is 4.74 Å². The van der Waals surface area contributed by atoms with Crippen LogP contribution >= 0.6 is 0 Å². The average molecular weight is 300 g/mol. The molecule has 6 nitrogen and oxygen atoms in total. The van der Waals surface area contributed by atoms with E-state index in [1.807, 2.05) is 0 Å². The van der Waals surface area contributed by atoms with Gasteiger partial charge in [0.1, 0.15) is 0 Å². The maximum atomic E-state index is 12.9. The largest absolute Gasteiger partial charge is 0.416 e. The van der Waals surface area contributed by atoms with E-state index in [1.165, 1.54) is 4.90 Å². The van der Waals surface area contributed by atoms with E-state index in [0.717, 1.165) is 32.1 Å². The van der Waals surface area contributed by atoms with E-state index < -0.39 is 17.7 Å². The lowest BCUT2D eigenvalue weighted by molar-refractivity contribution is -0.150. The molecule has 1 aliphatic carbocycles. The van der Waals surface area contributed by atoms with Crippen LogP contribution in [0.5, 0.6) is 0 Å². The Bertz CT molecular complexity index is 680. The molecule has 1 N–H and O–H groups in total. The highest BCUT2D eigenvalue weighted by Gasteiger charge is 2.63. The van der Waals surface area contributed by atoms with Gasteiger partial charge in [-0.2, -0.15) is 0 Å².